The number of nitro groups is 2. The molecule has 10 heteroatoms. The Balaban J connectivity index is 1.64. The number of nitrogens with zero attached hydrogens (tertiary/aromatic N) is 4. The number of hydrogen-bond donors (Lipinski definition) is 0. The maximum Gasteiger partial charge on any atom is 0.270 e. The summed E-state index contributed by atoms with van der Waals surface area (Å²) in [4.78, 5) is 49.7. The Hall–Kier alpha value is -4.34. The minimum absolute atomic E-state index is 0.0538. The van der Waals surface area contributed by atoms with Gasteiger partial charge in [-0.3, -0.25) is 29.8 Å². The molecular weight excluding hydrogens is 440 g/mol. The smallest absolute Gasteiger partial charge is 0.270 e. The summed E-state index contributed by atoms with van der Waals surface area (Å²) in [7, 11) is 0. The zero-order valence-corrected chi connectivity index (χ0v) is 18.7. The molecule has 1 fully saturated rings. The number of benzene rings is 2. The van der Waals surface area contributed by atoms with Crippen molar-refractivity contribution < 1.29 is 19.4 Å². The molecule has 34 heavy (non-hydrogen) atoms. The van der Waals surface area contributed by atoms with E-state index < -0.39 is 9.85 Å². The number of carbonyl (C=O) groups is 2. The zero-order valence-electron chi connectivity index (χ0n) is 18.7. The van der Waals surface area contributed by atoms with Gasteiger partial charge in [-0.25, -0.2) is 0 Å². The SMILES string of the molecule is CC1CN(C(=O)C=Cc2cccc([N+](=O)[O-])c2)C(C)CN1C(=O)C=Cc1cccc([N+](=O)[O-])c1. The molecule has 0 aliphatic carbocycles. The Morgan fingerprint density at radius 3 is 1.53 bits per heavy atom. The maximum atomic E-state index is 12.8. The lowest BCUT2D eigenvalue weighted by Gasteiger charge is -2.43. The van der Waals surface area contributed by atoms with Gasteiger partial charge in [0.15, 0.2) is 0 Å². The van der Waals surface area contributed by atoms with Gasteiger partial charge in [0.05, 0.1) is 9.85 Å². The molecule has 1 aliphatic heterocycles. The molecule has 1 heterocycles. The fourth-order valence-electron chi connectivity index (χ4n) is 3.75. The van der Waals surface area contributed by atoms with Crippen LogP contribution in [0.15, 0.2) is 60.7 Å². The van der Waals surface area contributed by atoms with Crippen LogP contribution in [0, 0.1) is 20.2 Å². The maximum absolute atomic E-state index is 12.8. The van der Waals surface area contributed by atoms with Gasteiger partial charge in [-0.05, 0) is 37.1 Å². The Morgan fingerprint density at radius 2 is 1.18 bits per heavy atom. The molecule has 0 radical (unpaired) electrons. The monoisotopic (exact) mass is 464 g/mol. The lowest BCUT2D eigenvalue weighted by Crippen LogP contribution is -2.59. The summed E-state index contributed by atoms with van der Waals surface area (Å²) in [6.07, 6.45) is 5.82. The quantitative estimate of drug-likeness (QED) is 0.365. The molecule has 0 N–H and O–H groups in total. The van der Waals surface area contributed by atoms with Crippen molar-refractivity contribution in [2.75, 3.05) is 13.1 Å². The number of hydrogen-bond acceptors (Lipinski definition) is 6. The molecule has 176 valence electrons. The van der Waals surface area contributed by atoms with E-state index in [0.717, 1.165) is 0 Å². The average Bonchev–Trinajstić information content (AvgIpc) is 2.82. The van der Waals surface area contributed by atoms with Crippen LogP contribution in [0.1, 0.15) is 25.0 Å². The second-order valence-electron chi connectivity index (χ2n) is 8.05. The van der Waals surface area contributed by atoms with Crippen LogP contribution in [0.25, 0.3) is 12.2 Å². The van der Waals surface area contributed by atoms with Crippen molar-refractivity contribution in [3.63, 3.8) is 0 Å². The first-order valence-corrected chi connectivity index (χ1v) is 10.6. The zero-order chi connectivity index (χ0) is 24.8. The van der Waals surface area contributed by atoms with Crippen molar-refractivity contribution in [2.24, 2.45) is 0 Å². The Morgan fingerprint density at radius 1 is 0.794 bits per heavy atom. The lowest BCUT2D eigenvalue weighted by molar-refractivity contribution is -0.385. The van der Waals surface area contributed by atoms with E-state index >= 15 is 0 Å². The second kappa shape index (κ2) is 10.5. The van der Waals surface area contributed by atoms with Crippen molar-refractivity contribution in [3.05, 3.63) is 92.0 Å². The van der Waals surface area contributed by atoms with E-state index in [2.05, 4.69) is 0 Å². The van der Waals surface area contributed by atoms with Crippen LogP contribution >= 0.6 is 0 Å². The molecule has 2 unspecified atom stereocenters. The third-order valence-electron chi connectivity index (χ3n) is 5.55. The molecular formula is C24H24N4O6. The van der Waals surface area contributed by atoms with Crippen molar-refractivity contribution in [1.29, 1.82) is 0 Å². The summed E-state index contributed by atoms with van der Waals surface area (Å²) in [5.74, 6) is -0.491. The number of nitro benzene ring substituents is 2. The van der Waals surface area contributed by atoms with E-state index in [4.69, 9.17) is 0 Å². The fourth-order valence-corrected chi connectivity index (χ4v) is 3.75. The van der Waals surface area contributed by atoms with Crippen LogP contribution in [-0.2, 0) is 9.59 Å². The summed E-state index contributed by atoms with van der Waals surface area (Å²) in [5.41, 5.74) is 0.982. The first-order chi connectivity index (χ1) is 16.2. The van der Waals surface area contributed by atoms with Gasteiger partial charge in [0, 0.05) is 61.6 Å². The van der Waals surface area contributed by atoms with Gasteiger partial charge in [0.2, 0.25) is 11.8 Å². The summed E-state index contributed by atoms with van der Waals surface area (Å²) in [5, 5.41) is 21.8. The standard InChI is InChI=1S/C24H24N4O6/c1-17-15-26(24(30)12-10-20-6-4-8-22(14-20)28(33)34)18(2)16-25(17)23(29)11-9-19-5-3-7-21(13-19)27(31)32/h3-14,17-18H,15-16H2,1-2H3. The molecule has 0 aromatic heterocycles. The summed E-state index contributed by atoms with van der Waals surface area (Å²) in [6, 6.07) is 11.5. The third-order valence-corrected chi connectivity index (χ3v) is 5.55. The minimum atomic E-state index is -0.493. The van der Waals surface area contributed by atoms with Gasteiger partial charge >= 0.3 is 0 Å². The predicted octanol–water partition coefficient (Wildman–Crippen LogP) is 3.68. The van der Waals surface area contributed by atoms with Crippen LogP contribution in [0.3, 0.4) is 0 Å². The van der Waals surface area contributed by atoms with Crippen molar-refractivity contribution in [2.45, 2.75) is 25.9 Å². The van der Waals surface area contributed by atoms with Crippen molar-refractivity contribution in [1.82, 2.24) is 9.80 Å². The van der Waals surface area contributed by atoms with Crippen LogP contribution in [0.5, 0.6) is 0 Å². The highest BCUT2D eigenvalue weighted by Gasteiger charge is 2.32. The van der Waals surface area contributed by atoms with Gasteiger partial charge in [-0.2, -0.15) is 0 Å². The molecule has 2 aromatic rings. The Labute approximate surface area is 196 Å². The van der Waals surface area contributed by atoms with Gasteiger partial charge in [-0.15, -0.1) is 0 Å². The molecule has 0 spiro atoms. The van der Waals surface area contributed by atoms with E-state index in [9.17, 15) is 29.8 Å². The van der Waals surface area contributed by atoms with Crippen LogP contribution in [0.4, 0.5) is 11.4 Å². The topological polar surface area (TPSA) is 127 Å². The van der Waals surface area contributed by atoms with Gasteiger partial charge in [0.25, 0.3) is 11.4 Å². The van der Waals surface area contributed by atoms with Crippen molar-refractivity contribution in [3.8, 4) is 0 Å². The molecule has 2 amide bonds. The fraction of sp³-hybridized carbons (Fsp3) is 0.250. The van der Waals surface area contributed by atoms with E-state index in [1.165, 1.54) is 48.6 Å². The predicted molar refractivity (Wildman–Crippen MR) is 127 cm³/mol. The molecule has 2 atom stereocenters. The molecule has 0 saturated carbocycles. The number of non-ortho nitro benzene ring substituents is 2. The summed E-state index contributed by atoms with van der Waals surface area (Å²) in [6.45, 7) is 4.34. The van der Waals surface area contributed by atoms with Crippen LogP contribution < -0.4 is 0 Å². The van der Waals surface area contributed by atoms with Crippen LogP contribution in [-0.4, -0.2) is 56.6 Å². The first-order valence-electron chi connectivity index (χ1n) is 10.6. The lowest BCUT2D eigenvalue weighted by atomic mass is 10.1. The van der Waals surface area contributed by atoms with Gasteiger partial charge in [-0.1, -0.05) is 24.3 Å². The minimum Gasteiger partial charge on any atom is -0.333 e. The highest BCUT2D eigenvalue weighted by molar-refractivity contribution is 5.94. The number of carbonyl (C=O) groups excluding carboxylic acids is 2. The van der Waals surface area contributed by atoms with Gasteiger partial charge < -0.3 is 9.80 Å². The molecule has 0 bridgehead atoms. The molecule has 1 aliphatic rings. The van der Waals surface area contributed by atoms with E-state index in [1.54, 1.807) is 34.1 Å². The Kier molecular flexibility index (Phi) is 7.52. The number of rotatable bonds is 6. The van der Waals surface area contributed by atoms with Gasteiger partial charge in [0.1, 0.15) is 0 Å². The summed E-state index contributed by atoms with van der Waals surface area (Å²) < 4.78 is 0. The number of piperazine rings is 1. The van der Waals surface area contributed by atoms with Crippen molar-refractivity contribution >= 4 is 35.3 Å². The normalized spacial score (nSPS) is 18.4. The van der Waals surface area contributed by atoms with E-state index in [0.29, 0.717) is 24.2 Å². The second-order valence-corrected chi connectivity index (χ2v) is 8.05. The molecule has 3 rings (SSSR count). The highest BCUT2D eigenvalue weighted by atomic mass is 16.6. The third kappa shape index (κ3) is 5.91. The Bertz CT molecular complexity index is 1080. The van der Waals surface area contributed by atoms with E-state index in [1.807, 2.05) is 13.8 Å². The molecule has 1 saturated heterocycles. The molecule has 10 nitrogen and oxygen atoms in total. The van der Waals surface area contributed by atoms with Crippen LogP contribution in [0.2, 0.25) is 0 Å². The number of amides is 2. The first kappa shape index (κ1) is 24.3. The highest BCUT2D eigenvalue weighted by Crippen LogP contribution is 2.19. The molecule has 2 aromatic carbocycles. The average molecular weight is 464 g/mol. The largest absolute Gasteiger partial charge is 0.333 e. The summed E-state index contributed by atoms with van der Waals surface area (Å²) >= 11 is 0. The van der Waals surface area contributed by atoms with E-state index in [-0.39, 0.29) is 35.3 Å².